The molecule has 138 valence electrons. The SMILES string of the molecule is CC(=O)Nc1ccc(NC(=O)[C@H](C)NS(=O)(=O)c2ccc(C)cc2)cc1. The standard InChI is InChI=1S/C18H21N3O4S/c1-12-4-10-17(11-5-12)26(24,25)21-13(2)18(23)20-16-8-6-15(7-9-16)19-14(3)22/h4-11,13,21H,1-3H3,(H,19,22)(H,20,23)/t13-/m0/s1. The van der Waals surface area contributed by atoms with Crippen LogP contribution in [0.3, 0.4) is 0 Å². The van der Waals surface area contributed by atoms with Crippen LogP contribution in [-0.4, -0.2) is 26.3 Å². The Morgan fingerprint density at radius 1 is 0.885 bits per heavy atom. The van der Waals surface area contributed by atoms with Crippen molar-refractivity contribution in [2.24, 2.45) is 0 Å². The second-order valence-corrected chi connectivity index (χ2v) is 7.62. The van der Waals surface area contributed by atoms with Crippen LogP contribution in [-0.2, 0) is 19.6 Å². The third kappa shape index (κ3) is 5.40. The first-order valence-electron chi connectivity index (χ1n) is 7.95. The molecule has 0 bridgehead atoms. The van der Waals surface area contributed by atoms with Gasteiger partial charge in [-0.05, 0) is 50.2 Å². The van der Waals surface area contributed by atoms with Crippen LogP contribution < -0.4 is 15.4 Å². The Hall–Kier alpha value is -2.71. The number of amides is 2. The minimum absolute atomic E-state index is 0.0995. The van der Waals surface area contributed by atoms with E-state index < -0.39 is 22.0 Å². The van der Waals surface area contributed by atoms with Gasteiger partial charge in [0.2, 0.25) is 21.8 Å². The molecule has 0 saturated carbocycles. The van der Waals surface area contributed by atoms with Crippen LogP contribution in [0, 0.1) is 6.92 Å². The molecular formula is C18H21N3O4S. The van der Waals surface area contributed by atoms with Gasteiger partial charge in [-0.15, -0.1) is 0 Å². The topological polar surface area (TPSA) is 104 Å². The van der Waals surface area contributed by atoms with E-state index >= 15 is 0 Å². The first kappa shape index (κ1) is 19.6. The maximum atomic E-state index is 12.3. The molecule has 7 nitrogen and oxygen atoms in total. The fraction of sp³-hybridized carbons (Fsp3) is 0.222. The summed E-state index contributed by atoms with van der Waals surface area (Å²) in [5.41, 5.74) is 2.03. The highest BCUT2D eigenvalue weighted by Crippen LogP contribution is 2.14. The number of hydrogen-bond acceptors (Lipinski definition) is 4. The van der Waals surface area contributed by atoms with E-state index in [9.17, 15) is 18.0 Å². The Morgan fingerprint density at radius 3 is 1.88 bits per heavy atom. The Bertz CT molecular complexity index is 891. The number of anilines is 2. The molecule has 0 aliphatic carbocycles. The van der Waals surface area contributed by atoms with Crippen molar-refractivity contribution in [1.82, 2.24) is 4.72 Å². The number of aryl methyl sites for hydroxylation is 1. The Balaban J connectivity index is 2.00. The molecular weight excluding hydrogens is 354 g/mol. The van der Waals surface area contributed by atoms with E-state index in [1.165, 1.54) is 26.0 Å². The van der Waals surface area contributed by atoms with Gasteiger partial charge in [-0.25, -0.2) is 8.42 Å². The lowest BCUT2D eigenvalue weighted by Gasteiger charge is -2.15. The summed E-state index contributed by atoms with van der Waals surface area (Å²) < 4.78 is 27.0. The van der Waals surface area contributed by atoms with Crippen molar-refractivity contribution in [3.8, 4) is 0 Å². The molecule has 0 heterocycles. The molecule has 2 aromatic rings. The van der Waals surface area contributed by atoms with Crippen molar-refractivity contribution >= 4 is 33.2 Å². The highest BCUT2D eigenvalue weighted by Gasteiger charge is 2.22. The van der Waals surface area contributed by atoms with E-state index in [4.69, 9.17) is 0 Å². The summed E-state index contributed by atoms with van der Waals surface area (Å²) in [5.74, 6) is -0.686. The Labute approximate surface area is 152 Å². The smallest absolute Gasteiger partial charge is 0.242 e. The lowest BCUT2D eigenvalue weighted by molar-refractivity contribution is -0.117. The second-order valence-electron chi connectivity index (χ2n) is 5.90. The molecule has 0 fully saturated rings. The van der Waals surface area contributed by atoms with Crippen LogP contribution in [0.15, 0.2) is 53.4 Å². The predicted octanol–water partition coefficient (Wildman–Crippen LogP) is 2.26. The Morgan fingerprint density at radius 2 is 1.38 bits per heavy atom. The van der Waals surface area contributed by atoms with Crippen molar-refractivity contribution in [2.75, 3.05) is 10.6 Å². The first-order chi connectivity index (χ1) is 12.2. The molecule has 8 heteroatoms. The van der Waals surface area contributed by atoms with Gasteiger partial charge < -0.3 is 10.6 Å². The molecule has 0 radical (unpaired) electrons. The molecule has 26 heavy (non-hydrogen) atoms. The number of rotatable bonds is 6. The van der Waals surface area contributed by atoms with Crippen LogP contribution in [0.1, 0.15) is 19.4 Å². The zero-order valence-electron chi connectivity index (χ0n) is 14.7. The monoisotopic (exact) mass is 375 g/mol. The number of nitrogens with one attached hydrogen (secondary N) is 3. The fourth-order valence-corrected chi connectivity index (χ4v) is 3.37. The maximum Gasteiger partial charge on any atom is 0.242 e. The lowest BCUT2D eigenvalue weighted by atomic mass is 10.2. The quantitative estimate of drug-likeness (QED) is 0.720. The fourth-order valence-electron chi connectivity index (χ4n) is 2.16. The number of carbonyl (C=O) groups excluding carboxylic acids is 2. The zero-order valence-corrected chi connectivity index (χ0v) is 15.6. The number of hydrogen-bond donors (Lipinski definition) is 3. The van der Waals surface area contributed by atoms with Crippen molar-refractivity contribution in [2.45, 2.75) is 31.7 Å². The van der Waals surface area contributed by atoms with E-state index in [0.717, 1.165) is 5.56 Å². The van der Waals surface area contributed by atoms with Gasteiger partial charge >= 0.3 is 0 Å². The molecule has 0 unspecified atom stereocenters. The minimum Gasteiger partial charge on any atom is -0.326 e. The summed E-state index contributed by atoms with van der Waals surface area (Å²) in [6.07, 6.45) is 0. The maximum absolute atomic E-state index is 12.3. The van der Waals surface area contributed by atoms with E-state index in [-0.39, 0.29) is 10.8 Å². The van der Waals surface area contributed by atoms with Gasteiger partial charge in [-0.2, -0.15) is 4.72 Å². The van der Waals surface area contributed by atoms with Crippen molar-refractivity contribution < 1.29 is 18.0 Å². The van der Waals surface area contributed by atoms with Crippen LogP contribution in [0.25, 0.3) is 0 Å². The minimum atomic E-state index is -3.79. The molecule has 0 aliphatic heterocycles. The van der Waals surface area contributed by atoms with E-state index in [0.29, 0.717) is 11.4 Å². The normalized spacial score (nSPS) is 12.3. The average molecular weight is 375 g/mol. The van der Waals surface area contributed by atoms with Gasteiger partial charge in [0.05, 0.1) is 10.9 Å². The average Bonchev–Trinajstić information content (AvgIpc) is 2.56. The van der Waals surface area contributed by atoms with E-state index in [1.807, 2.05) is 6.92 Å². The predicted molar refractivity (Wildman–Crippen MR) is 100 cm³/mol. The van der Waals surface area contributed by atoms with Crippen LogP contribution in [0.2, 0.25) is 0 Å². The summed E-state index contributed by atoms with van der Waals surface area (Å²) in [5, 5.41) is 5.24. The Kier molecular flexibility index (Phi) is 6.12. The molecule has 0 saturated heterocycles. The summed E-state index contributed by atoms with van der Waals surface area (Å²) in [7, 11) is -3.79. The molecule has 1 atom stereocenters. The summed E-state index contributed by atoms with van der Waals surface area (Å²) in [6, 6.07) is 11.9. The van der Waals surface area contributed by atoms with Gasteiger partial charge in [0.25, 0.3) is 0 Å². The highest BCUT2D eigenvalue weighted by molar-refractivity contribution is 7.89. The zero-order chi connectivity index (χ0) is 19.3. The van der Waals surface area contributed by atoms with E-state index in [2.05, 4.69) is 15.4 Å². The summed E-state index contributed by atoms with van der Waals surface area (Å²) in [4.78, 5) is 23.3. The second kappa shape index (κ2) is 8.11. The molecule has 2 rings (SSSR count). The van der Waals surface area contributed by atoms with Gasteiger partial charge in [0.15, 0.2) is 0 Å². The molecule has 3 N–H and O–H groups in total. The molecule has 2 amide bonds. The molecule has 0 aliphatic rings. The number of benzene rings is 2. The molecule has 2 aromatic carbocycles. The third-order valence-electron chi connectivity index (χ3n) is 3.53. The van der Waals surface area contributed by atoms with Crippen LogP contribution in [0.5, 0.6) is 0 Å². The molecule has 0 spiro atoms. The summed E-state index contributed by atoms with van der Waals surface area (Å²) in [6.45, 7) is 4.72. The van der Waals surface area contributed by atoms with Crippen molar-refractivity contribution in [1.29, 1.82) is 0 Å². The number of carbonyl (C=O) groups is 2. The molecule has 0 aromatic heterocycles. The van der Waals surface area contributed by atoms with Gasteiger partial charge in [0, 0.05) is 18.3 Å². The van der Waals surface area contributed by atoms with Gasteiger partial charge in [0.1, 0.15) is 0 Å². The first-order valence-corrected chi connectivity index (χ1v) is 9.43. The van der Waals surface area contributed by atoms with Gasteiger partial charge in [-0.1, -0.05) is 17.7 Å². The van der Waals surface area contributed by atoms with Gasteiger partial charge in [-0.3, -0.25) is 9.59 Å². The van der Waals surface area contributed by atoms with Crippen LogP contribution in [0.4, 0.5) is 11.4 Å². The highest BCUT2D eigenvalue weighted by atomic mass is 32.2. The summed E-state index contributed by atoms with van der Waals surface area (Å²) >= 11 is 0. The van der Waals surface area contributed by atoms with Crippen molar-refractivity contribution in [3.63, 3.8) is 0 Å². The third-order valence-corrected chi connectivity index (χ3v) is 5.09. The number of sulfonamides is 1. The largest absolute Gasteiger partial charge is 0.326 e. The van der Waals surface area contributed by atoms with E-state index in [1.54, 1.807) is 36.4 Å². The van der Waals surface area contributed by atoms with Crippen molar-refractivity contribution in [3.05, 3.63) is 54.1 Å². The lowest BCUT2D eigenvalue weighted by Crippen LogP contribution is -2.41. The van der Waals surface area contributed by atoms with Crippen LogP contribution >= 0.6 is 0 Å².